The van der Waals surface area contributed by atoms with Gasteiger partial charge in [-0.05, 0) is 52.7 Å². The van der Waals surface area contributed by atoms with Crippen molar-refractivity contribution in [1.82, 2.24) is 4.98 Å². The zero-order valence-corrected chi connectivity index (χ0v) is 13.5. The molecule has 0 bridgehead atoms. The molecule has 110 valence electrons. The highest BCUT2D eigenvalue weighted by Gasteiger charge is 2.20. The standard InChI is InChI=1S/C14H12BrNO4S/c1-9-3-2-6-16-13(9)8-21(19,20)10-4-5-12(15)11(7-10)14(17)18/h2-7H,8H2,1H3,(H,17,18). The molecule has 0 saturated carbocycles. The number of carboxylic acids is 1. The fourth-order valence-electron chi connectivity index (χ4n) is 1.79. The topological polar surface area (TPSA) is 84.3 Å². The van der Waals surface area contributed by atoms with E-state index in [4.69, 9.17) is 5.11 Å². The highest BCUT2D eigenvalue weighted by atomic mass is 79.9. The van der Waals surface area contributed by atoms with Gasteiger partial charge in [-0.3, -0.25) is 4.98 Å². The Labute approximate surface area is 130 Å². The van der Waals surface area contributed by atoms with Gasteiger partial charge >= 0.3 is 5.97 Å². The molecule has 1 aromatic heterocycles. The molecule has 1 N–H and O–H groups in total. The molecule has 1 aromatic carbocycles. The number of hydrogen-bond acceptors (Lipinski definition) is 4. The Morgan fingerprint density at radius 2 is 2.05 bits per heavy atom. The summed E-state index contributed by atoms with van der Waals surface area (Å²) in [6.07, 6.45) is 1.53. The molecule has 0 unspecified atom stereocenters. The Kier molecular flexibility index (Phi) is 4.43. The van der Waals surface area contributed by atoms with E-state index in [2.05, 4.69) is 20.9 Å². The van der Waals surface area contributed by atoms with Crippen LogP contribution >= 0.6 is 15.9 Å². The first-order valence-corrected chi connectivity index (χ1v) is 8.42. The first kappa shape index (κ1) is 15.7. The number of sulfone groups is 1. The summed E-state index contributed by atoms with van der Waals surface area (Å²) in [5.74, 6) is -1.45. The van der Waals surface area contributed by atoms with Crippen LogP contribution in [0.1, 0.15) is 21.6 Å². The molecule has 0 amide bonds. The number of aryl methyl sites for hydroxylation is 1. The highest BCUT2D eigenvalue weighted by Crippen LogP contribution is 2.23. The third-order valence-electron chi connectivity index (χ3n) is 2.97. The lowest BCUT2D eigenvalue weighted by Gasteiger charge is -2.08. The van der Waals surface area contributed by atoms with Crippen LogP contribution in [-0.2, 0) is 15.6 Å². The number of aromatic carboxylic acids is 1. The van der Waals surface area contributed by atoms with Gasteiger partial charge < -0.3 is 5.11 Å². The fourth-order valence-corrected chi connectivity index (χ4v) is 3.61. The van der Waals surface area contributed by atoms with Gasteiger partial charge in [0.15, 0.2) is 9.84 Å². The number of pyridine rings is 1. The van der Waals surface area contributed by atoms with E-state index in [9.17, 15) is 13.2 Å². The van der Waals surface area contributed by atoms with E-state index in [0.29, 0.717) is 10.2 Å². The number of rotatable bonds is 4. The van der Waals surface area contributed by atoms with E-state index in [-0.39, 0.29) is 16.2 Å². The van der Waals surface area contributed by atoms with Gasteiger partial charge in [0.25, 0.3) is 0 Å². The summed E-state index contributed by atoms with van der Waals surface area (Å²) >= 11 is 3.09. The van der Waals surface area contributed by atoms with Crippen molar-refractivity contribution in [3.8, 4) is 0 Å². The Hall–Kier alpha value is -1.73. The van der Waals surface area contributed by atoms with Crippen molar-refractivity contribution in [1.29, 1.82) is 0 Å². The molecule has 0 radical (unpaired) electrons. The predicted molar refractivity (Wildman–Crippen MR) is 81.0 cm³/mol. The van der Waals surface area contributed by atoms with Crippen LogP contribution in [0.25, 0.3) is 0 Å². The summed E-state index contributed by atoms with van der Waals surface area (Å²) in [4.78, 5) is 15.1. The summed E-state index contributed by atoms with van der Waals surface area (Å²) in [6, 6.07) is 7.46. The lowest BCUT2D eigenvalue weighted by Crippen LogP contribution is -2.09. The van der Waals surface area contributed by atoms with Gasteiger partial charge in [0.1, 0.15) is 0 Å². The van der Waals surface area contributed by atoms with Gasteiger partial charge in [0, 0.05) is 10.7 Å². The first-order chi connectivity index (χ1) is 9.81. The zero-order chi connectivity index (χ0) is 15.6. The molecule has 0 spiro atoms. The predicted octanol–water partition coefficient (Wildman–Crippen LogP) is 2.82. The Morgan fingerprint density at radius 3 is 2.67 bits per heavy atom. The molecular formula is C14H12BrNO4S. The van der Waals surface area contributed by atoms with E-state index in [0.717, 1.165) is 11.6 Å². The Balaban J connectivity index is 2.43. The Bertz CT molecular complexity index is 802. The van der Waals surface area contributed by atoms with Gasteiger partial charge in [-0.1, -0.05) is 6.07 Å². The maximum Gasteiger partial charge on any atom is 0.336 e. The van der Waals surface area contributed by atoms with Crippen LogP contribution in [0, 0.1) is 6.92 Å². The number of nitrogens with zero attached hydrogens (tertiary/aromatic N) is 1. The van der Waals surface area contributed by atoms with Crippen molar-refractivity contribution in [3.05, 3.63) is 57.8 Å². The molecule has 0 aliphatic heterocycles. The van der Waals surface area contributed by atoms with Crippen LogP contribution in [0.5, 0.6) is 0 Å². The molecule has 0 saturated heterocycles. The van der Waals surface area contributed by atoms with Crippen LogP contribution in [0.4, 0.5) is 0 Å². The van der Waals surface area contributed by atoms with Gasteiger partial charge in [0.2, 0.25) is 0 Å². The van der Waals surface area contributed by atoms with Crippen LogP contribution in [0.2, 0.25) is 0 Å². The molecular weight excluding hydrogens is 358 g/mol. The number of halogens is 1. The van der Waals surface area contributed by atoms with Crippen molar-refractivity contribution in [2.45, 2.75) is 17.6 Å². The number of hydrogen-bond donors (Lipinski definition) is 1. The minimum absolute atomic E-state index is 0.0341. The highest BCUT2D eigenvalue weighted by molar-refractivity contribution is 9.10. The molecule has 0 atom stereocenters. The first-order valence-electron chi connectivity index (χ1n) is 5.97. The summed E-state index contributed by atoms with van der Waals surface area (Å²) < 4.78 is 25.1. The monoisotopic (exact) mass is 369 g/mol. The average Bonchev–Trinajstić information content (AvgIpc) is 2.41. The Morgan fingerprint density at radius 1 is 1.33 bits per heavy atom. The molecule has 0 aliphatic carbocycles. The molecule has 1 heterocycles. The van der Waals surface area contributed by atoms with Gasteiger partial charge in [0.05, 0.1) is 21.9 Å². The van der Waals surface area contributed by atoms with Crippen molar-refractivity contribution >= 4 is 31.7 Å². The van der Waals surface area contributed by atoms with Crippen molar-refractivity contribution < 1.29 is 18.3 Å². The summed E-state index contributed by atoms with van der Waals surface area (Å²) in [7, 11) is -3.66. The molecule has 2 rings (SSSR count). The maximum atomic E-state index is 12.4. The minimum Gasteiger partial charge on any atom is -0.478 e. The number of aromatic nitrogens is 1. The van der Waals surface area contributed by atoms with Gasteiger partial charge in [-0.25, -0.2) is 13.2 Å². The molecule has 7 heteroatoms. The number of carboxylic acid groups (broad SMARTS) is 1. The molecule has 0 fully saturated rings. The van der Waals surface area contributed by atoms with E-state index in [1.807, 2.05) is 0 Å². The van der Waals surface area contributed by atoms with Gasteiger partial charge in [-0.2, -0.15) is 0 Å². The minimum atomic E-state index is -3.66. The SMILES string of the molecule is Cc1cccnc1CS(=O)(=O)c1ccc(Br)c(C(=O)O)c1. The quantitative estimate of drug-likeness (QED) is 0.895. The summed E-state index contributed by atoms with van der Waals surface area (Å²) in [5, 5.41) is 9.05. The summed E-state index contributed by atoms with van der Waals surface area (Å²) in [6.45, 7) is 1.78. The smallest absolute Gasteiger partial charge is 0.336 e. The molecule has 5 nitrogen and oxygen atoms in total. The third-order valence-corrected chi connectivity index (χ3v) is 5.29. The summed E-state index contributed by atoms with van der Waals surface area (Å²) in [5.41, 5.74) is 1.14. The second-order valence-corrected chi connectivity index (χ2v) is 7.32. The largest absolute Gasteiger partial charge is 0.478 e. The lowest BCUT2D eigenvalue weighted by molar-refractivity contribution is 0.0695. The third kappa shape index (κ3) is 3.48. The maximum absolute atomic E-state index is 12.4. The van der Waals surface area contributed by atoms with Crippen molar-refractivity contribution in [2.75, 3.05) is 0 Å². The fraction of sp³-hybridized carbons (Fsp3) is 0.143. The van der Waals surface area contributed by atoms with Crippen LogP contribution in [-0.4, -0.2) is 24.5 Å². The second kappa shape index (κ2) is 5.95. The molecule has 2 aromatic rings. The average molecular weight is 370 g/mol. The van der Waals surface area contributed by atoms with E-state index < -0.39 is 15.8 Å². The molecule has 0 aliphatic rings. The van der Waals surface area contributed by atoms with Crippen LogP contribution in [0.3, 0.4) is 0 Å². The molecule has 21 heavy (non-hydrogen) atoms. The number of carbonyl (C=O) groups is 1. The van der Waals surface area contributed by atoms with Crippen LogP contribution < -0.4 is 0 Å². The number of benzene rings is 1. The van der Waals surface area contributed by atoms with E-state index >= 15 is 0 Å². The van der Waals surface area contributed by atoms with E-state index in [1.165, 1.54) is 18.3 Å². The van der Waals surface area contributed by atoms with E-state index in [1.54, 1.807) is 19.1 Å². The van der Waals surface area contributed by atoms with Gasteiger partial charge in [-0.15, -0.1) is 0 Å². The van der Waals surface area contributed by atoms with Crippen LogP contribution in [0.15, 0.2) is 45.9 Å². The second-order valence-electron chi connectivity index (χ2n) is 4.47. The lowest BCUT2D eigenvalue weighted by atomic mass is 10.2. The van der Waals surface area contributed by atoms with Crippen molar-refractivity contribution in [2.24, 2.45) is 0 Å². The van der Waals surface area contributed by atoms with Crippen molar-refractivity contribution in [3.63, 3.8) is 0 Å². The normalized spacial score (nSPS) is 11.3. The zero-order valence-electron chi connectivity index (χ0n) is 11.1.